The Morgan fingerprint density at radius 2 is 0.740 bits per heavy atom. The molecule has 0 amide bonds. The fourth-order valence-corrected chi connectivity index (χ4v) is 6.95. The molecule has 50 heavy (non-hydrogen) atoms. The van der Waals surface area contributed by atoms with Crippen molar-refractivity contribution in [1.29, 1.82) is 0 Å². The molecule has 0 radical (unpaired) electrons. The van der Waals surface area contributed by atoms with Crippen molar-refractivity contribution < 1.29 is 0 Å². The van der Waals surface area contributed by atoms with E-state index in [9.17, 15) is 0 Å². The monoisotopic (exact) mass is 663 g/mol. The van der Waals surface area contributed by atoms with Gasteiger partial charge in [-0.15, -0.1) is 0 Å². The standard InChI is InChI=1S/C26H29N.C21H26.C2H6/c1-25(2,3)18-12-14-21-22-15-13-19(26(4,5)6)17-24(22)27(23(21)16-18)20-10-8-7-9-11-20;1-20(2,3)16-7-9-18-14(12-16)11-15-13-17(21(4,5)6)8-10-19(15)18;1-2/h7-17H,1-6H3;7-10,12-13H,11H2,1-6H3;1-2H3. The lowest BCUT2D eigenvalue weighted by Crippen LogP contribution is -2.11. The number of benzene rings is 5. The number of aromatic nitrogens is 1. The molecule has 0 unspecified atom stereocenters. The molecule has 1 heteroatoms. The van der Waals surface area contributed by atoms with Crippen molar-refractivity contribution in [2.45, 2.75) is 125 Å². The van der Waals surface area contributed by atoms with Crippen molar-refractivity contribution in [1.82, 2.24) is 4.57 Å². The zero-order valence-electron chi connectivity index (χ0n) is 33.5. The number of para-hydroxylation sites is 1. The zero-order valence-corrected chi connectivity index (χ0v) is 33.5. The van der Waals surface area contributed by atoms with E-state index < -0.39 is 0 Å². The fourth-order valence-electron chi connectivity index (χ4n) is 6.95. The van der Waals surface area contributed by atoms with Crippen molar-refractivity contribution in [2.75, 3.05) is 0 Å². The maximum atomic E-state index is 2.43. The first-order valence-corrected chi connectivity index (χ1v) is 18.7. The third-order valence-corrected chi connectivity index (χ3v) is 10.1. The Morgan fingerprint density at radius 1 is 0.400 bits per heavy atom. The SMILES string of the molecule is CC.CC(C)(C)c1ccc2c(c1)Cc1cc(C(C)(C)C)ccc1-2.CC(C)(C)c1ccc2c3ccc(C(C)(C)C)cc3n(-c3ccccc3)c2c1. The molecular formula is C49H61N. The van der Waals surface area contributed by atoms with Gasteiger partial charge in [-0.25, -0.2) is 0 Å². The van der Waals surface area contributed by atoms with E-state index in [4.69, 9.17) is 0 Å². The van der Waals surface area contributed by atoms with Gasteiger partial charge < -0.3 is 4.57 Å². The Morgan fingerprint density at radius 3 is 1.10 bits per heavy atom. The van der Waals surface area contributed by atoms with Gasteiger partial charge in [0.15, 0.2) is 0 Å². The number of fused-ring (bicyclic) bond motifs is 6. The average molecular weight is 664 g/mol. The van der Waals surface area contributed by atoms with E-state index in [-0.39, 0.29) is 21.7 Å². The van der Waals surface area contributed by atoms with E-state index in [2.05, 4.69) is 191 Å². The summed E-state index contributed by atoms with van der Waals surface area (Å²) in [7, 11) is 0. The lowest BCUT2D eigenvalue weighted by Gasteiger charge is -2.20. The summed E-state index contributed by atoms with van der Waals surface area (Å²) in [6.07, 6.45) is 1.08. The van der Waals surface area contributed by atoms with Crippen LogP contribution in [0.15, 0.2) is 103 Å². The summed E-state index contributed by atoms with van der Waals surface area (Å²) in [5, 5.41) is 2.64. The number of hydrogen-bond acceptors (Lipinski definition) is 0. The van der Waals surface area contributed by atoms with Crippen LogP contribution in [0.5, 0.6) is 0 Å². The van der Waals surface area contributed by atoms with Crippen LogP contribution in [0.2, 0.25) is 0 Å². The second-order valence-corrected chi connectivity index (χ2v) is 18.1. The highest BCUT2D eigenvalue weighted by Gasteiger charge is 2.24. The van der Waals surface area contributed by atoms with Gasteiger partial charge >= 0.3 is 0 Å². The quantitative estimate of drug-likeness (QED) is 0.165. The Kier molecular flexibility index (Phi) is 10.1. The molecule has 1 heterocycles. The Bertz CT molecular complexity index is 1980. The molecule has 7 rings (SSSR count). The van der Waals surface area contributed by atoms with Crippen LogP contribution in [0.1, 0.15) is 130 Å². The van der Waals surface area contributed by atoms with Crippen LogP contribution in [0.25, 0.3) is 38.6 Å². The number of hydrogen-bond donors (Lipinski definition) is 0. The molecule has 0 atom stereocenters. The molecular weight excluding hydrogens is 603 g/mol. The second-order valence-electron chi connectivity index (χ2n) is 18.1. The Balaban J connectivity index is 0.000000191. The lowest BCUT2D eigenvalue weighted by molar-refractivity contribution is 0.589. The molecule has 0 bridgehead atoms. The summed E-state index contributed by atoms with van der Waals surface area (Å²) in [5.74, 6) is 0. The van der Waals surface area contributed by atoms with Gasteiger partial charge in [0.2, 0.25) is 0 Å². The van der Waals surface area contributed by atoms with Gasteiger partial charge in [0, 0.05) is 16.5 Å². The van der Waals surface area contributed by atoms with Crippen molar-refractivity contribution in [3.05, 3.63) is 137 Å². The summed E-state index contributed by atoms with van der Waals surface area (Å²) in [6.45, 7) is 31.4. The summed E-state index contributed by atoms with van der Waals surface area (Å²) < 4.78 is 2.43. The Hall–Kier alpha value is -4.10. The number of rotatable bonds is 1. The second kappa shape index (κ2) is 13.6. The first-order valence-electron chi connectivity index (χ1n) is 18.7. The zero-order chi connectivity index (χ0) is 36.8. The molecule has 1 aliphatic carbocycles. The molecule has 5 aromatic carbocycles. The van der Waals surface area contributed by atoms with Gasteiger partial charge in [0.25, 0.3) is 0 Å². The first kappa shape index (κ1) is 37.2. The van der Waals surface area contributed by atoms with Crippen molar-refractivity contribution in [2.24, 2.45) is 0 Å². The largest absolute Gasteiger partial charge is 0.309 e. The molecule has 1 nitrogen and oxygen atoms in total. The molecule has 1 aliphatic rings. The van der Waals surface area contributed by atoms with E-state index in [1.54, 1.807) is 0 Å². The Labute approximate surface area is 303 Å². The first-order chi connectivity index (χ1) is 23.3. The number of nitrogens with zero attached hydrogens (tertiary/aromatic N) is 1. The highest BCUT2D eigenvalue weighted by Crippen LogP contribution is 2.41. The minimum absolute atomic E-state index is 0.128. The van der Waals surface area contributed by atoms with Crippen LogP contribution in [-0.4, -0.2) is 4.57 Å². The predicted octanol–water partition coefficient (Wildman–Crippen LogP) is 14.3. The van der Waals surface area contributed by atoms with Crippen molar-refractivity contribution in [3.8, 4) is 16.8 Å². The smallest absolute Gasteiger partial charge is 0.0544 e. The van der Waals surface area contributed by atoms with Gasteiger partial charge in [-0.3, -0.25) is 0 Å². The minimum Gasteiger partial charge on any atom is -0.309 e. The third kappa shape index (κ3) is 7.48. The van der Waals surface area contributed by atoms with Crippen molar-refractivity contribution in [3.63, 3.8) is 0 Å². The molecule has 0 N–H and O–H groups in total. The average Bonchev–Trinajstić information content (AvgIpc) is 3.59. The minimum atomic E-state index is 0.128. The summed E-state index contributed by atoms with van der Waals surface area (Å²) in [5.41, 5.74) is 15.9. The van der Waals surface area contributed by atoms with E-state index in [0.717, 1.165) is 6.42 Å². The normalized spacial score (nSPS) is 12.9. The third-order valence-electron chi connectivity index (χ3n) is 10.1. The van der Waals surface area contributed by atoms with E-state index >= 15 is 0 Å². The lowest BCUT2D eigenvalue weighted by atomic mass is 9.85. The van der Waals surface area contributed by atoms with Crippen LogP contribution in [0, 0.1) is 0 Å². The fraction of sp³-hybridized carbons (Fsp3) is 0.388. The maximum Gasteiger partial charge on any atom is 0.0544 e. The van der Waals surface area contributed by atoms with Crippen LogP contribution in [0.4, 0.5) is 0 Å². The highest BCUT2D eigenvalue weighted by molar-refractivity contribution is 6.09. The topological polar surface area (TPSA) is 4.93 Å². The highest BCUT2D eigenvalue weighted by atomic mass is 15.0. The molecule has 262 valence electrons. The predicted molar refractivity (Wildman–Crippen MR) is 222 cm³/mol. The van der Waals surface area contributed by atoms with Crippen LogP contribution >= 0.6 is 0 Å². The van der Waals surface area contributed by atoms with Gasteiger partial charge in [-0.2, -0.15) is 0 Å². The summed E-state index contributed by atoms with van der Waals surface area (Å²) in [6, 6.07) is 38.7. The van der Waals surface area contributed by atoms with E-state index in [1.165, 1.54) is 72.0 Å². The van der Waals surface area contributed by atoms with Gasteiger partial charge in [-0.05, 0) is 96.9 Å². The maximum absolute atomic E-state index is 2.43. The summed E-state index contributed by atoms with van der Waals surface area (Å²) in [4.78, 5) is 0. The van der Waals surface area contributed by atoms with Crippen LogP contribution in [0.3, 0.4) is 0 Å². The summed E-state index contributed by atoms with van der Waals surface area (Å²) >= 11 is 0. The molecule has 0 spiro atoms. The molecule has 0 aliphatic heterocycles. The molecule has 6 aromatic rings. The molecule has 1 aromatic heterocycles. The van der Waals surface area contributed by atoms with E-state index in [0.29, 0.717) is 0 Å². The van der Waals surface area contributed by atoms with Gasteiger partial charge in [-0.1, -0.05) is 176 Å². The van der Waals surface area contributed by atoms with E-state index in [1.807, 2.05) is 13.8 Å². The van der Waals surface area contributed by atoms with Crippen LogP contribution in [-0.2, 0) is 28.1 Å². The molecule has 0 saturated carbocycles. The molecule has 0 saturated heterocycles. The van der Waals surface area contributed by atoms with Gasteiger partial charge in [0.05, 0.1) is 11.0 Å². The molecule has 0 fully saturated rings. The van der Waals surface area contributed by atoms with Gasteiger partial charge in [0.1, 0.15) is 0 Å². The van der Waals surface area contributed by atoms with Crippen LogP contribution < -0.4 is 0 Å². The van der Waals surface area contributed by atoms with Crippen molar-refractivity contribution >= 4 is 21.8 Å².